The minimum Gasteiger partial charge on any atom is -0.488 e. The van der Waals surface area contributed by atoms with Crippen LogP contribution in [0.4, 0.5) is 4.39 Å². The average molecular weight is 565 g/mol. The predicted octanol–water partition coefficient (Wildman–Crippen LogP) is -3.60. The molecule has 5 N–H and O–H groups in total. The monoisotopic (exact) mass is 565 g/mol. The molecule has 0 aliphatic carbocycles. The maximum Gasteiger partial charge on any atom is 0.302 e. The molecule has 0 bridgehead atoms. The van der Waals surface area contributed by atoms with Crippen molar-refractivity contribution in [1.82, 2.24) is 15.1 Å². The Labute approximate surface area is 238 Å². The Morgan fingerprint density at radius 3 is 2.41 bits per heavy atom. The summed E-state index contributed by atoms with van der Waals surface area (Å²) in [4.78, 5) is 29.2. The molecule has 3 aliphatic rings. The average Bonchev–Trinajstić information content (AvgIpc) is 3.12. The lowest BCUT2D eigenvalue weighted by Crippen LogP contribution is -2.84. The van der Waals surface area contributed by atoms with Gasteiger partial charge in [0.15, 0.2) is 0 Å². The van der Waals surface area contributed by atoms with Gasteiger partial charge in [-0.1, -0.05) is 24.8 Å². The molecule has 214 valence electrons. The van der Waals surface area contributed by atoms with E-state index in [1.807, 2.05) is 6.07 Å². The van der Waals surface area contributed by atoms with Crippen LogP contribution in [0.5, 0.6) is 5.75 Å². The zero-order valence-corrected chi connectivity index (χ0v) is 23.1. The topological polar surface area (TPSA) is 152 Å². The van der Waals surface area contributed by atoms with Crippen molar-refractivity contribution < 1.29 is 43.9 Å². The molecule has 0 radical (unpaired) electrons. The van der Waals surface area contributed by atoms with E-state index < -0.39 is 40.0 Å². The van der Waals surface area contributed by atoms with E-state index in [-0.39, 0.29) is 23.6 Å². The summed E-state index contributed by atoms with van der Waals surface area (Å²) in [5.74, 6) is -9.61. The Morgan fingerprint density at radius 1 is 1.07 bits per heavy atom. The van der Waals surface area contributed by atoms with Crippen molar-refractivity contribution in [2.24, 2.45) is 0 Å². The van der Waals surface area contributed by atoms with Crippen LogP contribution in [-0.2, 0) is 28.0 Å². The van der Waals surface area contributed by atoms with Gasteiger partial charge in [0.05, 0.1) is 13.2 Å². The summed E-state index contributed by atoms with van der Waals surface area (Å²) in [5.41, 5.74) is -0.997. The normalized spacial score (nSPS) is 25.1. The highest BCUT2D eigenvalue weighted by Gasteiger charge is 2.73. The van der Waals surface area contributed by atoms with Crippen molar-refractivity contribution in [3.8, 4) is 5.75 Å². The molecule has 3 aliphatic heterocycles. The minimum atomic E-state index is -3.67. The molecule has 0 saturated carbocycles. The lowest BCUT2D eigenvalue weighted by molar-refractivity contribution is -0.364. The second kappa shape index (κ2) is 9.97. The van der Waals surface area contributed by atoms with Crippen molar-refractivity contribution in [2.75, 3.05) is 26.3 Å². The first-order chi connectivity index (χ1) is 19.1. The molecule has 1 unspecified atom stereocenters. The van der Waals surface area contributed by atoms with Crippen LogP contribution in [0.3, 0.4) is 0 Å². The van der Waals surface area contributed by atoms with Gasteiger partial charge in [0, 0.05) is 47.4 Å². The number of morpholine rings is 1. The first-order valence-electron chi connectivity index (χ1n) is 13.2. The number of hydrogen-bond donors (Lipinski definition) is 5. The number of halogens is 1. The van der Waals surface area contributed by atoms with Crippen molar-refractivity contribution in [1.29, 1.82) is 0 Å². The second-order valence-electron chi connectivity index (χ2n) is 11.3. The Hall–Kier alpha value is -3.20. The number of aliphatic hydroxyl groups is 4. The summed E-state index contributed by atoms with van der Waals surface area (Å²) in [6.45, 7) is 6.99. The summed E-state index contributed by atoms with van der Waals surface area (Å²) in [6.07, 6.45) is 0. The van der Waals surface area contributed by atoms with Gasteiger partial charge in [0.25, 0.3) is 11.8 Å². The number of piperidine rings is 1. The van der Waals surface area contributed by atoms with E-state index in [1.54, 1.807) is 33.9 Å². The third kappa shape index (κ3) is 4.39. The third-order valence-electron chi connectivity index (χ3n) is 8.42. The maximum atomic E-state index is 15.1. The minimum absolute atomic E-state index is 0.148. The van der Waals surface area contributed by atoms with Crippen molar-refractivity contribution in [3.63, 3.8) is 0 Å². The van der Waals surface area contributed by atoms with Crippen LogP contribution in [-0.4, -0.2) is 109 Å². The number of nitrogens with one attached hydrogen (secondary N) is 1. The van der Waals surface area contributed by atoms with E-state index in [9.17, 15) is 30.0 Å². The van der Waals surface area contributed by atoms with Gasteiger partial charge in [-0.3, -0.25) is 14.5 Å². The molecule has 2 aromatic rings. The van der Waals surface area contributed by atoms with Crippen LogP contribution in [0, 0.1) is 5.82 Å². The molecule has 5 rings (SSSR count). The number of ether oxygens (including phenoxy) is 2. The standard InChI is InChI=1S/C26H31B3FN3O8/c1-14-23(27,26(38,39)24(36,37)22(35)31-14)33-21(34)17-3-2-4-19(20(17)25(33,28)29)41-13-16-6-5-15(11-18(16)30)12-32-7-9-40-10-8-32/h2-6,11,36-39H,1,7-10,12-13,27-29H2,(H,31,35). The fourth-order valence-electron chi connectivity index (χ4n) is 6.03. The van der Waals surface area contributed by atoms with Gasteiger partial charge in [0.2, 0.25) is 5.79 Å². The predicted molar refractivity (Wildman–Crippen MR) is 151 cm³/mol. The van der Waals surface area contributed by atoms with Crippen LogP contribution in [0.15, 0.2) is 48.7 Å². The van der Waals surface area contributed by atoms with Crippen LogP contribution >= 0.6 is 0 Å². The summed E-state index contributed by atoms with van der Waals surface area (Å²) in [6, 6.07) is 9.66. The second-order valence-corrected chi connectivity index (χ2v) is 11.3. The lowest BCUT2D eigenvalue weighted by Gasteiger charge is -2.58. The number of amides is 2. The van der Waals surface area contributed by atoms with E-state index in [4.69, 9.17) is 9.47 Å². The number of nitrogens with zero attached hydrogens (tertiary/aromatic N) is 2. The fourth-order valence-corrected chi connectivity index (χ4v) is 6.03. The van der Waals surface area contributed by atoms with Gasteiger partial charge in [0.1, 0.15) is 47.2 Å². The van der Waals surface area contributed by atoms with E-state index in [0.717, 1.165) is 31.4 Å². The van der Waals surface area contributed by atoms with Gasteiger partial charge >= 0.3 is 5.79 Å². The maximum absolute atomic E-state index is 15.1. The van der Waals surface area contributed by atoms with Crippen molar-refractivity contribution in [2.45, 2.75) is 35.5 Å². The quantitative estimate of drug-likeness (QED) is 0.177. The molecule has 1 atom stereocenters. The zero-order valence-electron chi connectivity index (χ0n) is 23.1. The molecule has 2 fully saturated rings. The number of fused-ring (bicyclic) bond motifs is 1. The van der Waals surface area contributed by atoms with Crippen molar-refractivity contribution >= 4 is 35.4 Å². The Bertz CT molecular complexity index is 1430. The third-order valence-corrected chi connectivity index (χ3v) is 8.42. The Balaban J connectivity index is 1.43. The number of carbonyl (C=O) groups excluding carboxylic acids is 2. The van der Waals surface area contributed by atoms with E-state index >= 15 is 4.39 Å². The molecule has 15 heteroatoms. The van der Waals surface area contributed by atoms with Gasteiger partial charge in [-0.25, -0.2) is 4.39 Å². The first-order valence-corrected chi connectivity index (χ1v) is 13.2. The fraction of sp³-hybridized carbons (Fsp3) is 0.385. The van der Waals surface area contributed by atoms with Gasteiger partial charge < -0.3 is 40.1 Å². The Kier molecular flexibility index (Phi) is 7.12. The molecular weight excluding hydrogens is 534 g/mol. The summed E-state index contributed by atoms with van der Waals surface area (Å²) in [5, 5.41) is 43.5. The number of carbonyl (C=O) groups is 2. The SMILES string of the molecule is BC1(B)c2c(OCc3ccc(CN4CCOCC4)cc3F)cccc2C(=O)N1C1(B)C(=C)NC(=O)C(O)(O)C1(O)O. The molecule has 41 heavy (non-hydrogen) atoms. The first kappa shape index (κ1) is 29.3. The van der Waals surface area contributed by atoms with Crippen molar-refractivity contribution in [3.05, 3.63) is 76.7 Å². The molecule has 3 heterocycles. The van der Waals surface area contributed by atoms with Crippen LogP contribution in [0.25, 0.3) is 0 Å². The molecular formula is C26H31B3FN3O8. The highest BCUT2D eigenvalue weighted by atomic mass is 19.1. The zero-order chi connectivity index (χ0) is 30.0. The Morgan fingerprint density at radius 2 is 1.76 bits per heavy atom. The van der Waals surface area contributed by atoms with E-state index in [2.05, 4.69) is 16.8 Å². The van der Waals surface area contributed by atoms with Gasteiger partial charge in [-0.05, 0) is 23.8 Å². The van der Waals surface area contributed by atoms with Gasteiger partial charge in [-0.2, -0.15) is 0 Å². The molecule has 2 amide bonds. The molecule has 0 aromatic heterocycles. The van der Waals surface area contributed by atoms with E-state index in [0.29, 0.717) is 30.9 Å². The molecule has 2 saturated heterocycles. The van der Waals surface area contributed by atoms with Crippen LogP contribution in [0.1, 0.15) is 27.0 Å². The lowest BCUT2D eigenvalue weighted by atomic mass is 9.53. The molecule has 2 aromatic carbocycles. The smallest absolute Gasteiger partial charge is 0.302 e. The van der Waals surface area contributed by atoms with Gasteiger partial charge in [-0.15, -0.1) is 0 Å². The van der Waals surface area contributed by atoms with E-state index in [1.165, 1.54) is 12.1 Å². The number of hydrogen-bond acceptors (Lipinski definition) is 9. The summed E-state index contributed by atoms with van der Waals surface area (Å²) < 4.78 is 26.4. The summed E-state index contributed by atoms with van der Waals surface area (Å²) in [7, 11) is 4.37. The molecule has 0 spiro atoms. The highest BCUT2D eigenvalue weighted by molar-refractivity contribution is 6.44. The summed E-state index contributed by atoms with van der Waals surface area (Å²) >= 11 is 0. The molecule has 11 nitrogen and oxygen atoms in total. The van der Waals surface area contributed by atoms with Crippen LogP contribution in [0.2, 0.25) is 0 Å². The largest absolute Gasteiger partial charge is 0.488 e. The van der Waals surface area contributed by atoms with Crippen LogP contribution < -0.4 is 10.1 Å². The highest BCUT2D eigenvalue weighted by Crippen LogP contribution is 2.50. The number of benzene rings is 2. The number of rotatable bonds is 6.